The van der Waals surface area contributed by atoms with Gasteiger partial charge in [0.25, 0.3) is 0 Å². The van der Waals surface area contributed by atoms with Gasteiger partial charge in [0.05, 0.1) is 0 Å². The van der Waals surface area contributed by atoms with E-state index in [4.69, 9.17) is 11.6 Å². The largest absolute Gasteiger partial charge is 0.333 e. The molecule has 0 fully saturated rings. The monoisotopic (exact) mass is 264 g/mol. The number of nitrogens with zero attached hydrogens (tertiary/aromatic N) is 2. The summed E-state index contributed by atoms with van der Waals surface area (Å²) in [5, 5.41) is -0.514. The minimum absolute atomic E-state index is 0.0846. The summed E-state index contributed by atoms with van der Waals surface area (Å²) in [6.07, 6.45) is 5.53. The maximum absolute atomic E-state index is 11.4. The number of carbonyl (C=O) groups is 1. The van der Waals surface area contributed by atoms with Crippen molar-refractivity contribution in [1.82, 2.24) is 9.55 Å². The zero-order valence-corrected chi connectivity index (χ0v) is 10.4. The van der Waals surface area contributed by atoms with Gasteiger partial charge in [-0.15, -0.1) is 11.8 Å². The number of hydrogen-bond donors (Lipinski definition) is 0. The van der Waals surface area contributed by atoms with Crippen LogP contribution in [0.3, 0.4) is 0 Å². The van der Waals surface area contributed by atoms with E-state index in [9.17, 15) is 4.79 Å². The molecular formula is C12H9ClN2OS. The maximum atomic E-state index is 11.4. The fraction of sp³-hybridized carbons (Fsp3) is 0.167. The fourth-order valence-corrected chi connectivity index (χ4v) is 3.63. The summed E-state index contributed by atoms with van der Waals surface area (Å²) in [5.41, 5.74) is 2.04. The summed E-state index contributed by atoms with van der Waals surface area (Å²) in [7, 11) is 0. The summed E-state index contributed by atoms with van der Waals surface area (Å²) in [5.74, 6) is 0. The molecule has 0 aromatic carbocycles. The quantitative estimate of drug-likeness (QED) is 0.782. The molecule has 3 nitrogen and oxygen atoms in total. The molecule has 0 spiro atoms. The van der Waals surface area contributed by atoms with Crippen LogP contribution in [0.1, 0.15) is 21.9 Å². The van der Waals surface area contributed by atoms with Gasteiger partial charge in [-0.25, -0.2) is 0 Å². The van der Waals surface area contributed by atoms with Crippen LogP contribution in [0.15, 0.2) is 42.9 Å². The molecule has 17 heavy (non-hydrogen) atoms. The van der Waals surface area contributed by atoms with E-state index in [-0.39, 0.29) is 15.9 Å². The van der Waals surface area contributed by atoms with E-state index in [0.717, 1.165) is 11.3 Å². The first-order valence-electron chi connectivity index (χ1n) is 5.19. The van der Waals surface area contributed by atoms with Gasteiger partial charge in [-0.05, 0) is 29.8 Å². The van der Waals surface area contributed by atoms with Gasteiger partial charge in [-0.1, -0.05) is 6.07 Å². The lowest BCUT2D eigenvalue weighted by Gasteiger charge is -2.12. The first-order valence-corrected chi connectivity index (χ1v) is 6.51. The van der Waals surface area contributed by atoms with E-state index in [2.05, 4.69) is 9.55 Å². The summed E-state index contributed by atoms with van der Waals surface area (Å²) < 4.78 is 2.08. The van der Waals surface area contributed by atoms with Crippen molar-refractivity contribution in [2.24, 2.45) is 0 Å². The molecule has 1 aliphatic rings. The summed E-state index contributed by atoms with van der Waals surface area (Å²) in [6.45, 7) is 0. The lowest BCUT2D eigenvalue weighted by molar-refractivity contribution is -0.111. The summed E-state index contributed by atoms with van der Waals surface area (Å²) in [4.78, 5) is 15.5. The fourth-order valence-electron chi connectivity index (χ4n) is 2.04. The van der Waals surface area contributed by atoms with Crippen molar-refractivity contribution in [1.29, 1.82) is 0 Å². The standard InChI is InChI=1S/C12H9ClN2OS/c13-11(16)10-9-4-2-6-15(9)12(17-10)8-3-1-5-14-7-8/h1-7,10,12H. The topological polar surface area (TPSA) is 34.9 Å². The molecule has 2 unspecified atom stereocenters. The Hall–Kier alpha value is -1.26. The molecule has 0 amide bonds. The van der Waals surface area contributed by atoms with Crippen LogP contribution in [0.2, 0.25) is 0 Å². The van der Waals surface area contributed by atoms with Crippen LogP contribution < -0.4 is 0 Å². The highest BCUT2D eigenvalue weighted by Gasteiger charge is 2.35. The molecule has 3 heterocycles. The minimum Gasteiger partial charge on any atom is -0.333 e. The molecule has 0 saturated carbocycles. The van der Waals surface area contributed by atoms with Crippen molar-refractivity contribution in [3.05, 3.63) is 54.1 Å². The molecule has 86 valence electrons. The third-order valence-electron chi connectivity index (χ3n) is 2.77. The van der Waals surface area contributed by atoms with E-state index >= 15 is 0 Å². The van der Waals surface area contributed by atoms with Gasteiger partial charge < -0.3 is 4.57 Å². The van der Waals surface area contributed by atoms with E-state index in [1.807, 2.05) is 36.7 Å². The normalized spacial score (nSPS) is 22.4. The number of fused-ring (bicyclic) bond motifs is 1. The van der Waals surface area contributed by atoms with Crippen molar-refractivity contribution in [2.45, 2.75) is 10.6 Å². The Morgan fingerprint density at radius 3 is 3.00 bits per heavy atom. The highest BCUT2D eigenvalue weighted by molar-refractivity contribution is 8.00. The minimum atomic E-state index is -0.318. The second kappa shape index (κ2) is 4.20. The van der Waals surface area contributed by atoms with Crippen LogP contribution in [0.5, 0.6) is 0 Å². The highest BCUT2D eigenvalue weighted by atomic mass is 35.5. The third-order valence-corrected chi connectivity index (χ3v) is 4.61. The second-order valence-electron chi connectivity index (χ2n) is 3.80. The highest BCUT2D eigenvalue weighted by Crippen LogP contribution is 2.49. The molecule has 0 N–H and O–H groups in total. The van der Waals surface area contributed by atoms with Crippen LogP contribution in [-0.4, -0.2) is 14.8 Å². The second-order valence-corrected chi connectivity index (χ2v) is 5.36. The molecule has 2 aromatic rings. The molecule has 0 radical (unpaired) electrons. The Morgan fingerprint density at radius 1 is 1.41 bits per heavy atom. The first kappa shape index (κ1) is 10.9. The number of rotatable bonds is 2. The van der Waals surface area contributed by atoms with Gasteiger partial charge in [0.1, 0.15) is 10.6 Å². The predicted molar refractivity (Wildman–Crippen MR) is 68.0 cm³/mol. The van der Waals surface area contributed by atoms with Gasteiger partial charge in [-0.3, -0.25) is 9.78 Å². The zero-order valence-electron chi connectivity index (χ0n) is 8.79. The zero-order chi connectivity index (χ0) is 11.8. The molecular weight excluding hydrogens is 256 g/mol. The predicted octanol–water partition coefficient (Wildman–Crippen LogP) is 2.98. The Labute approximate surface area is 108 Å². The van der Waals surface area contributed by atoms with Gasteiger partial charge in [-0.2, -0.15) is 0 Å². The van der Waals surface area contributed by atoms with Crippen LogP contribution in [-0.2, 0) is 4.79 Å². The lowest BCUT2D eigenvalue weighted by atomic mass is 10.2. The molecule has 0 aliphatic carbocycles. The van der Waals surface area contributed by atoms with E-state index in [0.29, 0.717) is 0 Å². The van der Waals surface area contributed by atoms with E-state index in [1.165, 1.54) is 0 Å². The van der Waals surface area contributed by atoms with Crippen molar-refractivity contribution in [2.75, 3.05) is 0 Å². The molecule has 1 aliphatic heterocycles. The number of thioether (sulfide) groups is 1. The Bertz CT molecular complexity index is 555. The molecule has 0 bridgehead atoms. The Kier molecular flexibility index (Phi) is 2.68. The van der Waals surface area contributed by atoms with Crippen LogP contribution >= 0.6 is 23.4 Å². The van der Waals surface area contributed by atoms with Crippen molar-refractivity contribution in [3.63, 3.8) is 0 Å². The van der Waals surface area contributed by atoms with Crippen molar-refractivity contribution >= 4 is 28.6 Å². The molecule has 3 rings (SSSR count). The molecule has 0 saturated heterocycles. The van der Waals surface area contributed by atoms with Crippen LogP contribution in [0.25, 0.3) is 0 Å². The van der Waals surface area contributed by atoms with Gasteiger partial charge >= 0.3 is 0 Å². The Balaban J connectivity index is 2.04. The Morgan fingerprint density at radius 2 is 2.29 bits per heavy atom. The number of pyridine rings is 1. The number of aromatic nitrogens is 2. The average molecular weight is 265 g/mol. The first-order chi connectivity index (χ1) is 8.27. The van der Waals surface area contributed by atoms with E-state index in [1.54, 1.807) is 18.0 Å². The number of halogens is 1. The van der Waals surface area contributed by atoms with Crippen molar-refractivity contribution < 1.29 is 4.79 Å². The third kappa shape index (κ3) is 1.77. The van der Waals surface area contributed by atoms with Crippen LogP contribution in [0.4, 0.5) is 0 Å². The van der Waals surface area contributed by atoms with Gasteiger partial charge in [0.15, 0.2) is 0 Å². The summed E-state index contributed by atoms with van der Waals surface area (Å²) >= 11 is 7.18. The van der Waals surface area contributed by atoms with Crippen LogP contribution in [0, 0.1) is 0 Å². The number of carbonyl (C=O) groups excluding carboxylic acids is 1. The molecule has 2 atom stereocenters. The SMILES string of the molecule is O=C(Cl)C1SC(c2cccnc2)n2cccc21. The van der Waals surface area contributed by atoms with Gasteiger partial charge in [0.2, 0.25) is 5.24 Å². The smallest absolute Gasteiger partial charge is 0.240 e. The van der Waals surface area contributed by atoms with Crippen molar-refractivity contribution in [3.8, 4) is 0 Å². The maximum Gasteiger partial charge on any atom is 0.240 e. The summed E-state index contributed by atoms with van der Waals surface area (Å²) in [6, 6.07) is 7.78. The molecule has 5 heteroatoms. The molecule has 2 aromatic heterocycles. The van der Waals surface area contributed by atoms with Gasteiger partial charge in [0, 0.05) is 29.8 Å². The lowest BCUT2D eigenvalue weighted by Crippen LogP contribution is -2.01. The van der Waals surface area contributed by atoms with E-state index < -0.39 is 0 Å². The number of hydrogen-bond acceptors (Lipinski definition) is 3. The average Bonchev–Trinajstić information content (AvgIpc) is 2.90.